The van der Waals surface area contributed by atoms with Gasteiger partial charge in [-0.15, -0.1) is 0 Å². The standard InChI is InChI=1S/C27H30Cl2N6O4/c1-4-21(36)32-16-7-8-39-13-18(16)34-27-31-12-15-9-17(33-26(25(15)35-27)30-11-14-5-6-14)22-23(28)19(37-2)10-20(38-3)24(22)29/h4,9-10,12,14,16,18H,1,5-8,11,13H2,2-3H3,(H,30,33)(H,32,36)(H,31,34,35)/t16-,18+/m0/s1. The van der Waals surface area contributed by atoms with Crippen LogP contribution in [-0.2, 0) is 9.53 Å². The number of fused-ring (bicyclic) bond motifs is 1. The molecular weight excluding hydrogens is 543 g/mol. The highest BCUT2D eigenvalue weighted by Crippen LogP contribution is 2.46. The van der Waals surface area contributed by atoms with E-state index in [1.807, 2.05) is 6.07 Å². The number of ether oxygens (including phenoxy) is 3. The van der Waals surface area contributed by atoms with Gasteiger partial charge >= 0.3 is 0 Å². The van der Waals surface area contributed by atoms with Gasteiger partial charge < -0.3 is 30.2 Å². The zero-order valence-electron chi connectivity index (χ0n) is 21.7. The van der Waals surface area contributed by atoms with Crippen molar-refractivity contribution in [3.05, 3.63) is 41.0 Å². The average Bonchev–Trinajstić information content (AvgIpc) is 3.78. The van der Waals surface area contributed by atoms with Crippen LogP contribution in [0, 0.1) is 5.92 Å². The van der Waals surface area contributed by atoms with Crippen molar-refractivity contribution in [2.75, 3.05) is 44.6 Å². The van der Waals surface area contributed by atoms with E-state index in [1.54, 1.807) is 12.3 Å². The molecule has 2 fully saturated rings. The van der Waals surface area contributed by atoms with Crippen molar-refractivity contribution in [2.45, 2.75) is 31.3 Å². The lowest BCUT2D eigenvalue weighted by atomic mass is 10.0. The minimum Gasteiger partial charge on any atom is -0.495 e. The van der Waals surface area contributed by atoms with Crippen LogP contribution in [-0.4, -0.2) is 66.9 Å². The number of carbonyl (C=O) groups excluding carboxylic acids is 1. The summed E-state index contributed by atoms with van der Waals surface area (Å²) in [5, 5.41) is 11.1. The molecule has 1 amide bonds. The molecule has 206 valence electrons. The molecular formula is C27H30Cl2N6O4. The van der Waals surface area contributed by atoms with Crippen LogP contribution < -0.4 is 25.4 Å². The normalized spacial score (nSPS) is 18.9. The molecule has 0 spiro atoms. The smallest absolute Gasteiger partial charge is 0.243 e. The minimum atomic E-state index is -0.233. The van der Waals surface area contributed by atoms with E-state index in [9.17, 15) is 4.79 Å². The second kappa shape index (κ2) is 11.8. The molecule has 2 aromatic heterocycles. The maximum absolute atomic E-state index is 11.9. The minimum absolute atomic E-state index is 0.149. The van der Waals surface area contributed by atoms with Crippen LogP contribution in [0.1, 0.15) is 19.3 Å². The maximum Gasteiger partial charge on any atom is 0.243 e. The van der Waals surface area contributed by atoms with E-state index in [2.05, 4.69) is 27.5 Å². The molecule has 0 bridgehead atoms. The highest BCUT2D eigenvalue weighted by atomic mass is 35.5. The Morgan fingerprint density at radius 3 is 2.54 bits per heavy atom. The third-order valence-corrected chi connectivity index (χ3v) is 7.59. The number of anilines is 2. The van der Waals surface area contributed by atoms with Gasteiger partial charge in [0.15, 0.2) is 5.82 Å². The Morgan fingerprint density at radius 1 is 1.13 bits per heavy atom. The lowest BCUT2D eigenvalue weighted by Gasteiger charge is -2.32. The molecule has 2 aliphatic rings. The Labute approximate surface area is 236 Å². The Kier molecular flexibility index (Phi) is 8.25. The summed E-state index contributed by atoms with van der Waals surface area (Å²) in [5.41, 5.74) is 1.67. The zero-order valence-corrected chi connectivity index (χ0v) is 23.2. The molecule has 10 nitrogen and oxygen atoms in total. The van der Waals surface area contributed by atoms with E-state index < -0.39 is 0 Å². The fraction of sp³-hybridized carbons (Fsp3) is 0.407. The van der Waals surface area contributed by atoms with Crippen molar-refractivity contribution in [2.24, 2.45) is 5.92 Å². The topological polar surface area (TPSA) is 120 Å². The number of aromatic nitrogens is 3. The molecule has 3 heterocycles. The van der Waals surface area contributed by atoms with Crippen LogP contribution >= 0.6 is 23.2 Å². The van der Waals surface area contributed by atoms with E-state index in [0.717, 1.165) is 11.9 Å². The van der Waals surface area contributed by atoms with Crippen molar-refractivity contribution in [3.8, 4) is 22.8 Å². The van der Waals surface area contributed by atoms with E-state index in [-0.39, 0.29) is 18.0 Å². The van der Waals surface area contributed by atoms with E-state index >= 15 is 0 Å². The lowest BCUT2D eigenvalue weighted by Crippen LogP contribution is -2.52. The second-order valence-corrected chi connectivity index (χ2v) is 10.3. The Morgan fingerprint density at radius 2 is 1.87 bits per heavy atom. The van der Waals surface area contributed by atoms with Gasteiger partial charge in [-0.1, -0.05) is 29.8 Å². The number of amides is 1. The molecule has 1 saturated heterocycles. The van der Waals surface area contributed by atoms with Gasteiger partial charge in [0.1, 0.15) is 17.0 Å². The van der Waals surface area contributed by atoms with Gasteiger partial charge in [0.25, 0.3) is 0 Å². The van der Waals surface area contributed by atoms with Crippen LogP contribution in [0.25, 0.3) is 22.2 Å². The Hall–Kier alpha value is -3.34. The van der Waals surface area contributed by atoms with Gasteiger partial charge in [-0.25, -0.2) is 15.0 Å². The molecule has 1 saturated carbocycles. The number of carbonyl (C=O) groups is 1. The Bertz CT molecular complexity index is 1370. The average molecular weight is 573 g/mol. The molecule has 0 unspecified atom stereocenters. The number of hydrogen-bond donors (Lipinski definition) is 3. The first-order valence-electron chi connectivity index (χ1n) is 12.7. The molecule has 0 radical (unpaired) electrons. The molecule has 1 aliphatic carbocycles. The van der Waals surface area contributed by atoms with E-state index in [0.29, 0.717) is 75.6 Å². The van der Waals surface area contributed by atoms with Crippen LogP contribution in [0.2, 0.25) is 10.0 Å². The number of methoxy groups -OCH3 is 2. The number of nitrogens with zero attached hydrogens (tertiary/aromatic N) is 3. The fourth-order valence-corrected chi connectivity index (χ4v) is 5.19. The van der Waals surface area contributed by atoms with Crippen molar-refractivity contribution < 1.29 is 19.0 Å². The summed E-state index contributed by atoms with van der Waals surface area (Å²) in [6.45, 7) is 5.27. The number of nitrogens with one attached hydrogen (secondary N) is 3. The molecule has 3 aromatic rings. The van der Waals surface area contributed by atoms with Gasteiger partial charge in [0.2, 0.25) is 11.9 Å². The predicted octanol–water partition coefficient (Wildman–Crippen LogP) is 4.71. The summed E-state index contributed by atoms with van der Waals surface area (Å²) in [5.74, 6) is 2.20. The molecule has 2 atom stereocenters. The van der Waals surface area contributed by atoms with E-state index in [1.165, 1.54) is 33.1 Å². The summed E-state index contributed by atoms with van der Waals surface area (Å²) in [6, 6.07) is 3.12. The number of pyridine rings is 1. The second-order valence-electron chi connectivity index (χ2n) is 9.53. The van der Waals surface area contributed by atoms with Crippen LogP contribution in [0.5, 0.6) is 11.5 Å². The lowest BCUT2D eigenvalue weighted by molar-refractivity contribution is -0.117. The van der Waals surface area contributed by atoms with E-state index in [4.69, 9.17) is 47.4 Å². The third-order valence-electron chi connectivity index (χ3n) is 6.83. The first-order valence-corrected chi connectivity index (χ1v) is 13.5. The van der Waals surface area contributed by atoms with Gasteiger partial charge in [-0.05, 0) is 37.3 Å². The van der Waals surface area contributed by atoms with Crippen LogP contribution in [0.3, 0.4) is 0 Å². The first kappa shape index (κ1) is 27.2. The molecule has 1 aliphatic heterocycles. The quantitative estimate of drug-likeness (QED) is 0.296. The first-order chi connectivity index (χ1) is 18.9. The zero-order chi connectivity index (χ0) is 27.5. The largest absolute Gasteiger partial charge is 0.495 e. The van der Waals surface area contributed by atoms with Gasteiger partial charge in [0, 0.05) is 36.4 Å². The highest BCUT2D eigenvalue weighted by Gasteiger charge is 2.28. The van der Waals surface area contributed by atoms with Gasteiger partial charge in [-0.3, -0.25) is 4.79 Å². The maximum atomic E-state index is 11.9. The van der Waals surface area contributed by atoms with Crippen LogP contribution in [0.15, 0.2) is 31.0 Å². The van der Waals surface area contributed by atoms with Crippen molar-refractivity contribution >= 4 is 51.8 Å². The summed E-state index contributed by atoms with van der Waals surface area (Å²) in [6.07, 6.45) is 6.00. The monoisotopic (exact) mass is 572 g/mol. The number of hydrogen-bond acceptors (Lipinski definition) is 9. The summed E-state index contributed by atoms with van der Waals surface area (Å²) in [4.78, 5) is 26.2. The van der Waals surface area contributed by atoms with Crippen molar-refractivity contribution in [3.63, 3.8) is 0 Å². The number of halogens is 2. The Balaban J connectivity index is 1.54. The molecule has 3 N–H and O–H groups in total. The number of benzene rings is 1. The third kappa shape index (κ3) is 5.98. The highest BCUT2D eigenvalue weighted by molar-refractivity contribution is 6.41. The van der Waals surface area contributed by atoms with Gasteiger partial charge in [0.05, 0.1) is 48.6 Å². The SMILES string of the molecule is C=CC(=O)N[C@H]1CCOC[C@H]1Nc1ncc2cc(-c3c(Cl)c(OC)cc(OC)c3Cl)nc(NCC3CC3)c2n1. The predicted molar refractivity (Wildman–Crippen MR) is 152 cm³/mol. The fourth-order valence-electron chi connectivity index (χ4n) is 4.49. The summed E-state index contributed by atoms with van der Waals surface area (Å²) >= 11 is 13.4. The number of rotatable bonds is 10. The van der Waals surface area contributed by atoms with Crippen LogP contribution in [0.4, 0.5) is 11.8 Å². The van der Waals surface area contributed by atoms with Crippen molar-refractivity contribution in [1.29, 1.82) is 0 Å². The molecule has 12 heteroatoms. The summed E-state index contributed by atoms with van der Waals surface area (Å²) < 4.78 is 16.5. The van der Waals surface area contributed by atoms with Gasteiger partial charge in [-0.2, -0.15) is 0 Å². The molecule has 1 aromatic carbocycles. The van der Waals surface area contributed by atoms with Crippen molar-refractivity contribution in [1.82, 2.24) is 20.3 Å². The summed E-state index contributed by atoms with van der Waals surface area (Å²) in [7, 11) is 3.06. The molecule has 5 rings (SSSR count). The molecule has 39 heavy (non-hydrogen) atoms.